The monoisotopic (exact) mass is 250 g/mol. The molecule has 0 aromatic carbocycles. The number of carbonyl (C=O) groups excluding carboxylic acids is 1. The van der Waals surface area contributed by atoms with Crippen molar-refractivity contribution >= 4 is 5.78 Å². The highest BCUT2D eigenvalue weighted by Crippen LogP contribution is 2.05. The van der Waals surface area contributed by atoms with Gasteiger partial charge in [0.1, 0.15) is 6.54 Å². The number of hydrogen-bond acceptors (Lipinski definition) is 3. The van der Waals surface area contributed by atoms with Crippen molar-refractivity contribution in [3.05, 3.63) is 28.2 Å². The maximum atomic E-state index is 11.7. The largest absolute Gasteiger partial charge is 0.298 e. The van der Waals surface area contributed by atoms with Gasteiger partial charge < -0.3 is 0 Å². The Hall–Kier alpha value is -1.45. The van der Waals surface area contributed by atoms with Crippen molar-refractivity contribution in [3.63, 3.8) is 0 Å². The third-order valence-electron chi connectivity index (χ3n) is 2.89. The van der Waals surface area contributed by atoms with Crippen LogP contribution in [0.2, 0.25) is 0 Å². The molecule has 0 unspecified atom stereocenters. The zero-order valence-corrected chi connectivity index (χ0v) is 11.3. The first kappa shape index (κ1) is 14.6. The van der Waals surface area contributed by atoms with Crippen molar-refractivity contribution in [2.45, 2.75) is 58.9 Å². The van der Waals surface area contributed by atoms with E-state index in [0.717, 1.165) is 18.5 Å². The molecule has 0 aliphatic rings. The number of ketones is 1. The summed E-state index contributed by atoms with van der Waals surface area (Å²) in [6.45, 7) is 4.08. The van der Waals surface area contributed by atoms with Crippen molar-refractivity contribution in [3.8, 4) is 0 Å². The van der Waals surface area contributed by atoms with E-state index in [1.807, 2.05) is 6.92 Å². The van der Waals surface area contributed by atoms with Crippen LogP contribution in [-0.2, 0) is 11.3 Å². The van der Waals surface area contributed by atoms with Crippen LogP contribution >= 0.6 is 0 Å². The van der Waals surface area contributed by atoms with Crippen LogP contribution < -0.4 is 5.56 Å². The minimum absolute atomic E-state index is 0.0895. The van der Waals surface area contributed by atoms with Crippen LogP contribution in [0.1, 0.15) is 51.1 Å². The second-order valence-electron chi connectivity index (χ2n) is 4.67. The topological polar surface area (TPSA) is 52.0 Å². The van der Waals surface area contributed by atoms with Gasteiger partial charge in [0.2, 0.25) is 0 Å². The lowest BCUT2D eigenvalue weighted by Gasteiger charge is -2.04. The number of carbonyl (C=O) groups is 1. The van der Waals surface area contributed by atoms with Crippen molar-refractivity contribution in [2.24, 2.45) is 0 Å². The second kappa shape index (κ2) is 7.80. The lowest BCUT2D eigenvalue weighted by Crippen LogP contribution is -2.26. The lowest BCUT2D eigenvalue weighted by molar-refractivity contribution is -0.120. The standard InChI is InChI=1S/C14H22N2O2/c1-3-4-5-6-7-8-13(17)11-16-14(18)10-9-12(2)15-16/h9-10H,3-8,11H2,1-2H3. The summed E-state index contributed by atoms with van der Waals surface area (Å²) in [5.41, 5.74) is 0.547. The summed E-state index contributed by atoms with van der Waals surface area (Å²) >= 11 is 0. The predicted octanol–water partition coefficient (Wildman–Crippen LogP) is 2.48. The molecule has 0 spiro atoms. The van der Waals surface area contributed by atoms with Crippen LogP contribution in [0.5, 0.6) is 0 Å². The Bertz CT molecular complexity index is 438. The summed E-state index contributed by atoms with van der Waals surface area (Å²) in [7, 11) is 0. The van der Waals surface area contributed by atoms with Gasteiger partial charge in [0.25, 0.3) is 5.56 Å². The summed E-state index contributed by atoms with van der Waals surface area (Å²) in [5, 5.41) is 4.05. The average molecular weight is 250 g/mol. The summed E-state index contributed by atoms with van der Waals surface area (Å²) in [5.74, 6) is 0.0895. The molecule has 0 aliphatic carbocycles. The normalized spacial score (nSPS) is 10.6. The number of Topliss-reactive ketones (excluding diaryl/α,β-unsaturated/α-hetero) is 1. The Kier molecular flexibility index (Phi) is 6.33. The van der Waals surface area contributed by atoms with E-state index in [2.05, 4.69) is 12.0 Å². The van der Waals surface area contributed by atoms with E-state index in [-0.39, 0.29) is 17.9 Å². The Morgan fingerprint density at radius 3 is 2.67 bits per heavy atom. The SMILES string of the molecule is CCCCCCCC(=O)Cn1nc(C)ccc1=O. The zero-order chi connectivity index (χ0) is 13.4. The average Bonchev–Trinajstić information content (AvgIpc) is 2.33. The van der Waals surface area contributed by atoms with E-state index in [1.54, 1.807) is 6.07 Å². The highest BCUT2D eigenvalue weighted by Gasteiger charge is 2.05. The maximum absolute atomic E-state index is 11.7. The first-order valence-corrected chi connectivity index (χ1v) is 6.70. The molecule has 4 heteroatoms. The van der Waals surface area contributed by atoms with Gasteiger partial charge in [0, 0.05) is 12.5 Å². The van der Waals surface area contributed by atoms with Crippen molar-refractivity contribution < 1.29 is 4.79 Å². The molecular formula is C14H22N2O2. The van der Waals surface area contributed by atoms with Gasteiger partial charge in [-0.3, -0.25) is 9.59 Å². The van der Waals surface area contributed by atoms with Gasteiger partial charge in [0.15, 0.2) is 5.78 Å². The molecule has 4 nitrogen and oxygen atoms in total. The van der Waals surface area contributed by atoms with Crippen LogP contribution in [0, 0.1) is 6.92 Å². The number of unbranched alkanes of at least 4 members (excludes halogenated alkanes) is 4. The molecule has 0 bridgehead atoms. The molecule has 0 saturated carbocycles. The van der Waals surface area contributed by atoms with Crippen LogP contribution in [0.3, 0.4) is 0 Å². The van der Waals surface area contributed by atoms with Gasteiger partial charge in [0.05, 0.1) is 5.69 Å². The quantitative estimate of drug-likeness (QED) is 0.666. The lowest BCUT2D eigenvalue weighted by atomic mass is 10.1. The van der Waals surface area contributed by atoms with E-state index in [4.69, 9.17) is 0 Å². The van der Waals surface area contributed by atoms with Crippen molar-refractivity contribution in [1.29, 1.82) is 0 Å². The van der Waals surface area contributed by atoms with E-state index in [1.165, 1.54) is 30.0 Å². The molecule has 1 rings (SSSR count). The van der Waals surface area contributed by atoms with Gasteiger partial charge in [-0.2, -0.15) is 5.10 Å². The fraction of sp³-hybridized carbons (Fsp3) is 0.643. The molecule has 100 valence electrons. The molecule has 18 heavy (non-hydrogen) atoms. The molecule has 1 heterocycles. The molecule has 0 fully saturated rings. The molecule has 0 amide bonds. The molecule has 0 radical (unpaired) electrons. The van der Waals surface area contributed by atoms with E-state index in [0.29, 0.717) is 6.42 Å². The highest BCUT2D eigenvalue weighted by molar-refractivity contribution is 5.77. The van der Waals surface area contributed by atoms with Gasteiger partial charge in [-0.15, -0.1) is 0 Å². The van der Waals surface area contributed by atoms with Crippen molar-refractivity contribution in [1.82, 2.24) is 9.78 Å². The molecule has 1 aromatic rings. The van der Waals surface area contributed by atoms with Crippen LogP contribution in [0.15, 0.2) is 16.9 Å². The summed E-state index contributed by atoms with van der Waals surface area (Å²) in [4.78, 5) is 23.2. The van der Waals surface area contributed by atoms with Crippen LogP contribution in [0.25, 0.3) is 0 Å². The fourth-order valence-electron chi connectivity index (χ4n) is 1.84. The van der Waals surface area contributed by atoms with Crippen LogP contribution in [-0.4, -0.2) is 15.6 Å². The van der Waals surface area contributed by atoms with E-state index in [9.17, 15) is 9.59 Å². The second-order valence-corrected chi connectivity index (χ2v) is 4.67. The van der Waals surface area contributed by atoms with Gasteiger partial charge in [-0.1, -0.05) is 32.6 Å². The Balaban J connectivity index is 2.35. The van der Waals surface area contributed by atoms with Gasteiger partial charge >= 0.3 is 0 Å². The van der Waals surface area contributed by atoms with Crippen LogP contribution in [0.4, 0.5) is 0 Å². The minimum atomic E-state index is -0.208. The molecule has 0 atom stereocenters. The number of nitrogens with zero attached hydrogens (tertiary/aromatic N) is 2. The smallest absolute Gasteiger partial charge is 0.267 e. The number of hydrogen-bond donors (Lipinski definition) is 0. The summed E-state index contributed by atoms with van der Waals surface area (Å²) in [6, 6.07) is 3.12. The zero-order valence-electron chi connectivity index (χ0n) is 11.3. The molecule has 0 aliphatic heterocycles. The molecular weight excluding hydrogens is 228 g/mol. The van der Waals surface area contributed by atoms with E-state index >= 15 is 0 Å². The summed E-state index contributed by atoms with van der Waals surface area (Å²) < 4.78 is 1.25. The minimum Gasteiger partial charge on any atom is -0.298 e. The Morgan fingerprint density at radius 1 is 1.22 bits per heavy atom. The van der Waals surface area contributed by atoms with Gasteiger partial charge in [-0.25, -0.2) is 4.68 Å². The van der Waals surface area contributed by atoms with E-state index < -0.39 is 0 Å². The number of rotatable bonds is 8. The first-order chi connectivity index (χ1) is 8.63. The molecule has 1 aromatic heterocycles. The fourth-order valence-corrected chi connectivity index (χ4v) is 1.84. The summed E-state index contributed by atoms with van der Waals surface area (Å²) in [6.07, 6.45) is 6.18. The predicted molar refractivity (Wildman–Crippen MR) is 71.6 cm³/mol. The first-order valence-electron chi connectivity index (χ1n) is 6.70. The Morgan fingerprint density at radius 2 is 1.94 bits per heavy atom. The highest BCUT2D eigenvalue weighted by atomic mass is 16.1. The maximum Gasteiger partial charge on any atom is 0.267 e. The molecule has 0 N–H and O–H groups in total. The molecule has 0 saturated heterocycles. The number of aryl methyl sites for hydroxylation is 1. The number of aromatic nitrogens is 2. The third kappa shape index (κ3) is 5.25. The Labute approximate surface area is 108 Å². The third-order valence-corrected chi connectivity index (χ3v) is 2.89. The van der Waals surface area contributed by atoms with Gasteiger partial charge in [-0.05, 0) is 19.4 Å². The van der Waals surface area contributed by atoms with Crippen molar-refractivity contribution in [2.75, 3.05) is 0 Å².